The largest absolute Gasteiger partial charge is 0.466 e. The topological polar surface area (TPSA) is 55.8 Å². The molecule has 20 heavy (non-hydrogen) atoms. The molecule has 1 rings (SSSR count). The van der Waals surface area contributed by atoms with Crippen molar-refractivity contribution in [1.29, 1.82) is 0 Å². The Kier molecular flexibility index (Phi) is 7.26. The van der Waals surface area contributed by atoms with Gasteiger partial charge in [0.05, 0.1) is 31.3 Å². The summed E-state index contributed by atoms with van der Waals surface area (Å²) < 4.78 is 10.9. The molecule has 0 spiro atoms. The molecule has 1 aromatic carbocycles. The van der Waals surface area contributed by atoms with Crippen LogP contribution in [-0.2, 0) is 14.3 Å². The number of carbonyl (C=O) groups excluding carboxylic acids is 1. The van der Waals surface area contributed by atoms with E-state index in [0.29, 0.717) is 13.0 Å². The van der Waals surface area contributed by atoms with Crippen LogP contribution in [0.5, 0.6) is 0 Å². The maximum atomic E-state index is 11.7. The molecule has 0 saturated heterocycles. The van der Waals surface area contributed by atoms with Gasteiger partial charge in [-0.1, -0.05) is 30.3 Å². The minimum absolute atomic E-state index is 0.130. The van der Waals surface area contributed by atoms with Crippen LogP contribution in [0, 0.1) is 0 Å². The highest BCUT2D eigenvalue weighted by molar-refractivity contribution is 5.70. The smallest absolute Gasteiger partial charge is 0.308 e. The first kappa shape index (κ1) is 16.7. The lowest BCUT2D eigenvalue weighted by atomic mass is 10.1. The summed E-state index contributed by atoms with van der Waals surface area (Å²) in [6.07, 6.45) is -0.184. The normalized spacial score (nSPS) is 15.4. The van der Waals surface area contributed by atoms with E-state index in [1.807, 2.05) is 37.3 Å². The van der Waals surface area contributed by atoms with Gasteiger partial charge >= 0.3 is 5.97 Å². The SMILES string of the molecule is CCOC(=O)C[C@@H](O[C@@H](C)C[C@@H](C)O)c1ccccc1. The maximum absolute atomic E-state index is 11.7. The summed E-state index contributed by atoms with van der Waals surface area (Å²) in [5, 5.41) is 9.40. The van der Waals surface area contributed by atoms with E-state index >= 15 is 0 Å². The van der Waals surface area contributed by atoms with E-state index in [-0.39, 0.29) is 24.6 Å². The molecular weight excluding hydrogens is 256 g/mol. The van der Waals surface area contributed by atoms with Crippen molar-refractivity contribution < 1.29 is 19.4 Å². The van der Waals surface area contributed by atoms with E-state index in [1.54, 1.807) is 13.8 Å². The van der Waals surface area contributed by atoms with E-state index in [1.165, 1.54) is 0 Å². The average Bonchev–Trinajstić information content (AvgIpc) is 2.38. The van der Waals surface area contributed by atoms with Crippen molar-refractivity contribution in [3.8, 4) is 0 Å². The van der Waals surface area contributed by atoms with Gasteiger partial charge in [0.2, 0.25) is 0 Å². The number of aliphatic hydroxyl groups is 1. The minimum Gasteiger partial charge on any atom is -0.466 e. The molecule has 0 fully saturated rings. The Morgan fingerprint density at radius 2 is 1.90 bits per heavy atom. The number of hydrogen-bond acceptors (Lipinski definition) is 4. The molecule has 1 N–H and O–H groups in total. The number of hydrogen-bond donors (Lipinski definition) is 1. The van der Waals surface area contributed by atoms with Gasteiger partial charge in [-0.15, -0.1) is 0 Å². The molecule has 0 aromatic heterocycles. The summed E-state index contributed by atoms with van der Waals surface area (Å²) in [6, 6.07) is 9.61. The Balaban J connectivity index is 2.71. The van der Waals surface area contributed by atoms with Crippen molar-refractivity contribution in [2.75, 3.05) is 6.61 Å². The fourth-order valence-electron chi connectivity index (χ4n) is 2.10. The highest BCUT2D eigenvalue weighted by Crippen LogP contribution is 2.24. The third-order valence-corrected chi connectivity index (χ3v) is 2.90. The van der Waals surface area contributed by atoms with Gasteiger partial charge in [-0.3, -0.25) is 4.79 Å². The van der Waals surface area contributed by atoms with Crippen LogP contribution >= 0.6 is 0 Å². The Morgan fingerprint density at radius 1 is 1.25 bits per heavy atom. The average molecular weight is 280 g/mol. The molecule has 0 aliphatic heterocycles. The monoisotopic (exact) mass is 280 g/mol. The number of aliphatic hydroxyl groups excluding tert-OH is 1. The second-order valence-corrected chi connectivity index (χ2v) is 4.94. The van der Waals surface area contributed by atoms with Crippen molar-refractivity contribution in [1.82, 2.24) is 0 Å². The number of esters is 1. The molecule has 0 bridgehead atoms. The summed E-state index contributed by atoms with van der Waals surface area (Å²) in [4.78, 5) is 11.7. The van der Waals surface area contributed by atoms with Crippen molar-refractivity contribution in [3.05, 3.63) is 35.9 Å². The van der Waals surface area contributed by atoms with Crippen LogP contribution in [0.3, 0.4) is 0 Å². The predicted molar refractivity (Wildman–Crippen MR) is 77.3 cm³/mol. The Morgan fingerprint density at radius 3 is 2.45 bits per heavy atom. The molecule has 1 aromatic rings. The van der Waals surface area contributed by atoms with E-state index in [0.717, 1.165) is 5.56 Å². The van der Waals surface area contributed by atoms with Crippen LogP contribution in [0.4, 0.5) is 0 Å². The lowest BCUT2D eigenvalue weighted by molar-refractivity contribution is -0.147. The van der Waals surface area contributed by atoms with Crippen molar-refractivity contribution in [2.45, 2.75) is 51.9 Å². The number of ether oxygens (including phenoxy) is 2. The quantitative estimate of drug-likeness (QED) is 0.744. The Bertz CT molecular complexity index is 389. The molecule has 0 radical (unpaired) electrons. The van der Waals surface area contributed by atoms with E-state index in [9.17, 15) is 9.90 Å². The van der Waals surface area contributed by atoms with Gasteiger partial charge in [-0.2, -0.15) is 0 Å². The van der Waals surface area contributed by atoms with Crippen LogP contribution in [0.1, 0.15) is 45.3 Å². The van der Waals surface area contributed by atoms with Gasteiger partial charge in [0.25, 0.3) is 0 Å². The molecule has 0 aliphatic carbocycles. The summed E-state index contributed by atoms with van der Waals surface area (Å²) in [6.45, 7) is 5.77. The van der Waals surface area contributed by atoms with Crippen LogP contribution < -0.4 is 0 Å². The van der Waals surface area contributed by atoms with Gasteiger partial charge < -0.3 is 14.6 Å². The summed E-state index contributed by atoms with van der Waals surface area (Å²) >= 11 is 0. The van der Waals surface area contributed by atoms with E-state index in [2.05, 4.69) is 0 Å². The Labute approximate surface area is 120 Å². The highest BCUT2D eigenvalue weighted by Gasteiger charge is 2.20. The van der Waals surface area contributed by atoms with Crippen LogP contribution in [-0.4, -0.2) is 29.9 Å². The zero-order valence-electron chi connectivity index (χ0n) is 12.4. The van der Waals surface area contributed by atoms with Gasteiger partial charge in [0.15, 0.2) is 0 Å². The molecule has 0 amide bonds. The van der Waals surface area contributed by atoms with Crippen LogP contribution in [0.25, 0.3) is 0 Å². The lowest BCUT2D eigenvalue weighted by Gasteiger charge is -2.23. The molecule has 112 valence electrons. The van der Waals surface area contributed by atoms with Gasteiger partial charge in [-0.05, 0) is 32.8 Å². The Hall–Kier alpha value is -1.39. The number of carbonyl (C=O) groups is 1. The van der Waals surface area contributed by atoms with E-state index in [4.69, 9.17) is 9.47 Å². The van der Waals surface area contributed by atoms with Gasteiger partial charge in [-0.25, -0.2) is 0 Å². The maximum Gasteiger partial charge on any atom is 0.308 e. The second-order valence-electron chi connectivity index (χ2n) is 4.94. The first-order chi connectivity index (χ1) is 9.52. The van der Waals surface area contributed by atoms with Crippen LogP contribution in [0.15, 0.2) is 30.3 Å². The molecule has 3 atom stereocenters. The molecular formula is C16H24O4. The fourth-order valence-corrected chi connectivity index (χ4v) is 2.10. The third kappa shape index (κ3) is 6.17. The fraction of sp³-hybridized carbons (Fsp3) is 0.562. The van der Waals surface area contributed by atoms with Crippen molar-refractivity contribution >= 4 is 5.97 Å². The second kappa shape index (κ2) is 8.72. The standard InChI is InChI=1S/C16H24O4/c1-4-19-16(18)11-15(14-8-6-5-7-9-14)20-13(3)10-12(2)17/h5-9,12-13,15,17H,4,10-11H2,1-3H3/t12-,13+,15-/m1/s1. The predicted octanol–water partition coefficient (Wildman–Crippen LogP) is 2.86. The highest BCUT2D eigenvalue weighted by atomic mass is 16.5. The molecule has 0 saturated carbocycles. The molecule has 0 aliphatic rings. The molecule has 0 heterocycles. The zero-order chi connectivity index (χ0) is 15.0. The first-order valence-electron chi connectivity index (χ1n) is 7.07. The summed E-state index contributed by atoms with van der Waals surface area (Å²) in [7, 11) is 0. The van der Waals surface area contributed by atoms with Crippen molar-refractivity contribution in [3.63, 3.8) is 0 Å². The zero-order valence-corrected chi connectivity index (χ0v) is 12.4. The van der Waals surface area contributed by atoms with Crippen molar-refractivity contribution in [2.24, 2.45) is 0 Å². The van der Waals surface area contributed by atoms with Gasteiger partial charge in [0, 0.05) is 0 Å². The first-order valence-corrected chi connectivity index (χ1v) is 7.07. The molecule has 4 heteroatoms. The summed E-state index contributed by atoms with van der Waals surface area (Å²) in [5.74, 6) is -0.273. The third-order valence-electron chi connectivity index (χ3n) is 2.90. The van der Waals surface area contributed by atoms with Crippen LogP contribution in [0.2, 0.25) is 0 Å². The number of rotatable bonds is 8. The molecule has 0 unspecified atom stereocenters. The minimum atomic E-state index is -0.427. The van der Waals surface area contributed by atoms with Gasteiger partial charge in [0.1, 0.15) is 0 Å². The molecule has 4 nitrogen and oxygen atoms in total. The number of benzene rings is 1. The van der Waals surface area contributed by atoms with E-state index < -0.39 is 6.10 Å². The summed E-state index contributed by atoms with van der Waals surface area (Å²) in [5.41, 5.74) is 0.943. The lowest BCUT2D eigenvalue weighted by Crippen LogP contribution is -2.21.